The Morgan fingerprint density at radius 3 is 2.25 bits per heavy atom. The molecule has 0 atom stereocenters. The molecule has 0 N–H and O–H groups in total. The van der Waals surface area contributed by atoms with Crippen molar-refractivity contribution in [3.8, 4) is 0 Å². The van der Waals surface area contributed by atoms with Gasteiger partial charge in [-0.15, -0.1) is 24.0 Å². The second kappa shape index (κ2) is 2.73. The van der Waals surface area contributed by atoms with Crippen LogP contribution >= 0.6 is 55.8 Å². The third kappa shape index (κ3) is 1.29. The van der Waals surface area contributed by atoms with Gasteiger partial charge in [0.2, 0.25) is 0 Å². The Morgan fingerprint density at radius 1 is 1.50 bits per heavy atom. The van der Waals surface area contributed by atoms with Gasteiger partial charge in [0.15, 0.2) is 0 Å². The molecule has 8 heavy (non-hydrogen) atoms. The molecular weight excluding hydrogens is 272 g/mol. The minimum absolute atomic E-state index is 1.01. The molecule has 0 aromatic carbocycles. The molecule has 1 aromatic rings. The molecule has 0 radical (unpaired) electrons. The molecule has 0 bridgehead atoms. The zero-order chi connectivity index (χ0) is 6.15. The lowest BCUT2D eigenvalue weighted by molar-refractivity contribution is 1.61. The Kier molecular flexibility index (Phi) is 2.43. The molecule has 44 valence electrons. The summed E-state index contributed by atoms with van der Waals surface area (Å²) in [5.74, 6) is 0. The SMILES string of the molecule is Sc1scc(Br)c1Br. The summed E-state index contributed by atoms with van der Waals surface area (Å²) >= 11 is 12.4. The Bertz CT molecular complexity index is 174. The van der Waals surface area contributed by atoms with Crippen LogP contribution in [0, 0.1) is 0 Å². The molecule has 0 saturated carbocycles. The average Bonchev–Trinajstić information content (AvgIpc) is 1.98. The van der Waals surface area contributed by atoms with Crippen LogP contribution in [-0.2, 0) is 0 Å². The smallest absolute Gasteiger partial charge is 0.0722 e. The molecule has 0 aliphatic carbocycles. The zero-order valence-electron chi connectivity index (χ0n) is 3.69. The van der Waals surface area contributed by atoms with E-state index < -0.39 is 0 Å². The number of rotatable bonds is 0. The van der Waals surface area contributed by atoms with Gasteiger partial charge in [0.25, 0.3) is 0 Å². The van der Waals surface area contributed by atoms with Gasteiger partial charge in [0, 0.05) is 9.85 Å². The topological polar surface area (TPSA) is 0 Å². The van der Waals surface area contributed by atoms with Gasteiger partial charge in [0.05, 0.1) is 8.68 Å². The van der Waals surface area contributed by atoms with Crippen molar-refractivity contribution < 1.29 is 0 Å². The predicted molar refractivity (Wildman–Crippen MR) is 47.0 cm³/mol. The molecule has 4 heteroatoms. The van der Waals surface area contributed by atoms with Crippen molar-refractivity contribution in [2.24, 2.45) is 0 Å². The van der Waals surface area contributed by atoms with E-state index in [2.05, 4.69) is 44.5 Å². The summed E-state index contributed by atoms with van der Waals surface area (Å²) in [6.45, 7) is 0. The lowest BCUT2D eigenvalue weighted by atomic mass is 10.7. The summed E-state index contributed by atoms with van der Waals surface area (Å²) in [5.41, 5.74) is 0. The largest absolute Gasteiger partial charge is 0.135 e. The molecule has 0 saturated heterocycles. The van der Waals surface area contributed by atoms with Crippen LogP contribution in [0.3, 0.4) is 0 Å². The highest BCUT2D eigenvalue weighted by Crippen LogP contribution is 2.34. The molecular formula is C4H2Br2S2. The fourth-order valence-electron chi connectivity index (χ4n) is 0.313. The molecule has 0 fully saturated rings. The average molecular weight is 274 g/mol. The fourth-order valence-corrected chi connectivity index (χ4v) is 2.45. The van der Waals surface area contributed by atoms with Crippen molar-refractivity contribution in [2.45, 2.75) is 4.21 Å². The van der Waals surface area contributed by atoms with Crippen LogP contribution < -0.4 is 0 Å². The molecule has 0 unspecified atom stereocenters. The molecule has 0 aliphatic heterocycles. The first-order chi connectivity index (χ1) is 3.72. The second-order valence-electron chi connectivity index (χ2n) is 1.20. The van der Waals surface area contributed by atoms with Crippen molar-refractivity contribution in [3.05, 3.63) is 14.3 Å². The first-order valence-electron chi connectivity index (χ1n) is 1.83. The third-order valence-electron chi connectivity index (χ3n) is 0.671. The zero-order valence-corrected chi connectivity index (χ0v) is 8.57. The van der Waals surface area contributed by atoms with Crippen LogP contribution in [0.5, 0.6) is 0 Å². The van der Waals surface area contributed by atoms with E-state index in [4.69, 9.17) is 0 Å². The van der Waals surface area contributed by atoms with E-state index >= 15 is 0 Å². The van der Waals surface area contributed by atoms with Crippen LogP contribution in [-0.4, -0.2) is 0 Å². The molecule has 0 spiro atoms. The number of hydrogen-bond donors (Lipinski definition) is 1. The standard InChI is InChI=1S/C4H2Br2S2/c5-2-1-8-4(7)3(2)6/h1,7H. The van der Waals surface area contributed by atoms with E-state index in [-0.39, 0.29) is 0 Å². The molecule has 0 amide bonds. The lowest BCUT2D eigenvalue weighted by Gasteiger charge is -1.81. The van der Waals surface area contributed by atoms with Gasteiger partial charge in [0.1, 0.15) is 0 Å². The van der Waals surface area contributed by atoms with Crippen LogP contribution in [0.4, 0.5) is 0 Å². The highest BCUT2D eigenvalue weighted by Gasteiger charge is 2.00. The van der Waals surface area contributed by atoms with E-state index in [1.807, 2.05) is 5.38 Å². The van der Waals surface area contributed by atoms with Gasteiger partial charge in [-0.05, 0) is 31.9 Å². The normalized spacial score (nSPS) is 9.88. The number of halogens is 2. The van der Waals surface area contributed by atoms with Crippen LogP contribution in [0.1, 0.15) is 0 Å². The monoisotopic (exact) mass is 272 g/mol. The van der Waals surface area contributed by atoms with E-state index in [0.717, 1.165) is 13.2 Å². The fraction of sp³-hybridized carbons (Fsp3) is 0. The van der Waals surface area contributed by atoms with E-state index in [0.29, 0.717) is 0 Å². The summed E-state index contributed by atoms with van der Waals surface area (Å²) < 4.78 is 3.13. The Balaban J connectivity index is 3.19. The van der Waals surface area contributed by atoms with Crippen LogP contribution in [0.2, 0.25) is 0 Å². The van der Waals surface area contributed by atoms with Gasteiger partial charge in [-0.25, -0.2) is 0 Å². The van der Waals surface area contributed by atoms with Gasteiger partial charge < -0.3 is 0 Å². The highest BCUT2D eigenvalue weighted by atomic mass is 79.9. The van der Waals surface area contributed by atoms with Crippen LogP contribution in [0.15, 0.2) is 18.5 Å². The van der Waals surface area contributed by atoms with Crippen molar-refractivity contribution in [1.29, 1.82) is 0 Å². The van der Waals surface area contributed by atoms with Gasteiger partial charge in [-0.3, -0.25) is 0 Å². The molecule has 0 aliphatic rings. The maximum absolute atomic E-state index is 4.16. The summed E-state index contributed by atoms with van der Waals surface area (Å²) in [7, 11) is 0. The van der Waals surface area contributed by atoms with Crippen molar-refractivity contribution in [2.75, 3.05) is 0 Å². The number of thiophene rings is 1. The number of hydrogen-bond acceptors (Lipinski definition) is 2. The molecule has 0 nitrogen and oxygen atoms in total. The Morgan fingerprint density at radius 2 is 2.12 bits per heavy atom. The van der Waals surface area contributed by atoms with Gasteiger partial charge >= 0.3 is 0 Å². The summed E-state index contributed by atoms with van der Waals surface area (Å²) in [6.07, 6.45) is 0. The van der Waals surface area contributed by atoms with E-state index in [1.165, 1.54) is 0 Å². The summed E-state index contributed by atoms with van der Waals surface area (Å²) in [4.78, 5) is 0. The van der Waals surface area contributed by atoms with Gasteiger partial charge in [-0.1, -0.05) is 0 Å². The minimum Gasteiger partial charge on any atom is -0.135 e. The second-order valence-corrected chi connectivity index (χ2v) is 4.48. The molecule has 1 aromatic heterocycles. The first-order valence-corrected chi connectivity index (χ1v) is 4.74. The summed E-state index contributed by atoms with van der Waals surface area (Å²) in [6, 6.07) is 0. The number of thiol groups is 1. The Labute approximate surface area is 74.0 Å². The van der Waals surface area contributed by atoms with E-state index in [1.54, 1.807) is 11.3 Å². The minimum atomic E-state index is 1.01. The van der Waals surface area contributed by atoms with Gasteiger partial charge in [-0.2, -0.15) is 0 Å². The van der Waals surface area contributed by atoms with Crippen molar-refractivity contribution >= 4 is 55.8 Å². The van der Waals surface area contributed by atoms with Crippen molar-refractivity contribution in [3.63, 3.8) is 0 Å². The lowest BCUT2D eigenvalue weighted by Crippen LogP contribution is -1.52. The third-order valence-corrected chi connectivity index (χ3v) is 4.85. The summed E-state index contributed by atoms with van der Waals surface area (Å²) in [5, 5.41) is 1.99. The quantitative estimate of drug-likeness (QED) is 0.687. The van der Waals surface area contributed by atoms with Crippen LogP contribution in [0.25, 0.3) is 0 Å². The van der Waals surface area contributed by atoms with Crippen molar-refractivity contribution in [1.82, 2.24) is 0 Å². The molecule has 1 heterocycles. The Hall–Kier alpha value is 1.01. The first kappa shape index (κ1) is 7.12. The van der Waals surface area contributed by atoms with E-state index in [9.17, 15) is 0 Å². The molecule has 1 rings (SSSR count). The predicted octanol–water partition coefficient (Wildman–Crippen LogP) is 3.56. The highest BCUT2D eigenvalue weighted by molar-refractivity contribution is 9.13. The maximum atomic E-state index is 4.16. The maximum Gasteiger partial charge on any atom is 0.0722 e.